The van der Waals surface area contributed by atoms with Gasteiger partial charge in [-0.15, -0.1) is 5.10 Å². The van der Waals surface area contributed by atoms with Gasteiger partial charge in [0.1, 0.15) is 0 Å². The van der Waals surface area contributed by atoms with Crippen molar-refractivity contribution >= 4 is 15.9 Å². The van der Waals surface area contributed by atoms with E-state index in [4.69, 9.17) is 4.74 Å². The zero-order chi connectivity index (χ0) is 20.8. The molecule has 156 valence electrons. The molecule has 0 radical (unpaired) electrons. The predicted molar refractivity (Wildman–Crippen MR) is 106 cm³/mol. The Morgan fingerprint density at radius 3 is 2.79 bits per heavy atom. The minimum absolute atomic E-state index is 0.00717. The first-order chi connectivity index (χ1) is 13.8. The molecule has 0 N–H and O–H groups in total. The number of ether oxygens (including phenoxy) is 1. The first-order valence-corrected chi connectivity index (χ1v) is 11.5. The van der Waals surface area contributed by atoms with Crippen LogP contribution in [0, 0.1) is 6.92 Å². The summed E-state index contributed by atoms with van der Waals surface area (Å²) < 4.78 is 32.4. The van der Waals surface area contributed by atoms with Gasteiger partial charge in [-0.3, -0.25) is 4.79 Å². The first-order valence-electron chi connectivity index (χ1n) is 9.64. The molecule has 0 saturated carbocycles. The van der Waals surface area contributed by atoms with Crippen molar-refractivity contribution in [1.29, 1.82) is 0 Å². The highest BCUT2D eigenvalue weighted by atomic mass is 32.2. The van der Waals surface area contributed by atoms with Gasteiger partial charge in [0, 0.05) is 19.6 Å². The second-order valence-electron chi connectivity index (χ2n) is 7.62. The highest BCUT2D eigenvalue weighted by molar-refractivity contribution is 7.88. The number of carbonyl (C=O) groups is 1. The van der Waals surface area contributed by atoms with E-state index in [1.54, 1.807) is 9.58 Å². The van der Waals surface area contributed by atoms with Crippen molar-refractivity contribution in [2.24, 2.45) is 0 Å². The SMILES string of the molecule is Cc1c(C(=O)N2CCOC[C@@H]2C)nnn1-c1cccc2c1CCN(S(C)(=O)=O)C2. The molecule has 29 heavy (non-hydrogen) atoms. The fourth-order valence-corrected chi connectivity index (χ4v) is 4.76. The molecule has 1 aromatic heterocycles. The lowest BCUT2D eigenvalue weighted by molar-refractivity contribution is 0.00322. The van der Waals surface area contributed by atoms with Crippen LogP contribution in [-0.2, 0) is 27.7 Å². The van der Waals surface area contributed by atoms with Crippen LogP contribution in [0.3, 0.4) is 0 Å². The molecule has 0 spiro atoms. The minimum atomic E-state index is -3.24. The molecule has 3 heterocycles. The van der Waals surface area contributed by atoms with Crippen molar-refractivity contribution in [2.75, 3.05) is 32.6 Å². The van der Waals surface area contributed by atoms with E-state index in [9.17, 15) is 13.2 Å². The molecule has 4 rings (SSSR count). The highest BCUT2D eigenvalue weighted by Gasteiger charge is 2.30. The zero-order valence-corrected chi connectivity index (χ0v) is 17.6. The Morgan fingerprint density at radius 2 is 2.07 bits per heavy atom. The molecule has 2 aliphatic rings. The summed E-state index contributed by atoms with van der Waals surface area (Å²) >= 11 is 0. The lowest BCUT2D eigenvalue weighted by Gasteiger charge is -2.32. The number of hydrogen-bond donors (Lipinski definition) is 0. The summed E-state index contributed by atoms with van der Waals surface area (Å²) in [5.74, 6) is -0.141. The number of carbonyl (C=O) groups excluding carboxylic acids is 1. The molecule has 10 heteroatoms. The normalized spacial score (nSPS) is 20.5. The first kappa shape index (κ1) is 20.0. The van der Waals surface area contributed by atoms with Crippen LogP contribution < -0.4 is 0 Å². The number of sulfonamides is 1. The van der Waals surface area contributed by atoms with Crippen LogP contribution in [0.1, 0.15) is 34.2 Å². The molecule has 0 aliphatic carbocycles. The number of rotatable bonds is 3. The van der Waals surface area contributed by atoms with Gasteiger partial charge in [-0.05, 0) is 37.5 Å². The van der Waals surface area contributed by atoms with E-state index in [1.807, 2.05) is 32.0 Å². The Kier molecular flexibility index (Phi) is 5.18. The molecular formula is C19H25N5O4S. The average Bonchev–Trinajstić information content (AvgIpc) is 3.07. The van der Waals surface area contributed by atoms with Gasteiger partial charge in [0.15, 0.2) is 5.69 Å². The van der Waals surface area contributed by atoms with Crippen LogP contribution in [0.15, 0.2) is 18.2 Å². The average molecular weight is 420 g/mol. The van der Waals surface area contributed by atoms with Crippen LogP contribution in [0.4, 0.5) is 0 Å². The monoisotopic (exact) mass is 419 g/mol. The van der Waals surface area contributed by atoms with Gasteiger partial charge < -0.3 is 9.64 Å². The van der Waals surface area contributed by atoms with Gasteiger partial charge in [-0.2, -0.15) is 4.31 Å². The van der Waals surface area contributed by atoms with E-state index in [1.165, 1.54) is 10.6 Å². The van der Waals surface area contributed by atoms with Crippen LogP contribution >= 0.6 is 0 Å². The molecule has 1 saturated heterocycles. The Bertz CT molecular complexity index is 1050. The number of hydrogen-bond acceptors (Lipinski definition) is 6. The number of morpholine rings is 1. The number of aromatic nitrogens is 3. The lowest BCUT2D eigenvalue weighted by Crippen LogP contribution is -2.47. The quantitative estimate of drug-likeness (QED) is 0.728. The molecule has 0 bridgehead atoms. The third-order valence-corrected chi connectivity index (χ3v) is 6.88. The summed E-state index contributed by atoms with van der Waals surface area (Å²) in [6.45, 7) is 6.13. The van der Waals surface area contributed by atoms with Gasteiger partial charge >= 0.3 is 0 Å². The number of nitrogens with zero attached hydrogens (tertiary/aromatic N) is 5. The molecule has 1 fully saturated rings. The predicted octanol–water partition coefficient (Wildman–Crippen LogP) is 0.754. The summed E-state index contributed by atoms with van der Waals surface area (Å²) in [6, 6.07) is 5.74. The largest absolute Gasteiger partial charge is 0.377 e. The second-order valence-corrected chi connectivity index (χ2v) is 9.60. The van der Waals surface area contributed by atoms with Crippen LogP contribution in [0.5, 0.6) is 0 Å². The molecule has 1 aromatic carbocycles. The topological polar surface area (TPSA) is 97.6 Å². The van der Waals surface area contributed by atoms with E-state index in [-0.39, 0.29) is 11.9 Å². The second kappa shape index (κ2) is 7.51. The Balaban J connectivity index is 1.67. The lowest BCUT2D eigenvalue weighted by atomic mass is 9.99. The Morgan fingerprint density at radius 1 is 1.28 bits per heavy atom. The summed E-state index contributed by atoms with van der Waals surface area (Å²) in [4.78, 5) is 14.8. The van der Waals surface area contributed by atoms with E-state index in [0.29, 0.717) is 50.7 Å². The van der Waals surface area contributed by atoms with Crippen LogP contribution in [0.2, 0.25) is 0 Å². The summed E-state index contributed by atoms with van der Waals surface area (Å²) in [5.41, 5.74) is 3.84. The maximum absolute atomic E-state index is 13.0. The Labute approximate surface area is 170 Å². The number of benzene rings is 1. The van der Waals surface area contributed by atoms with Crippen molar-refractivity contribution in [2.45, 2.75) is 32.9 Å². The summed E-state index contributed by atoms with van der Waals surface area (Å²) in [7, 11) is -3.24. The standard InChI is InChI=1S/C19H25N5O4S/c1-13-12-28-10-9-23(13)19(25)18-14(2)24(21-20-18)17-6-4-5-15-11-22(29(3,26)27)8-7-16(15)17/h4-6,13H,7-12H2,1-3H3/t13-/m0/s1. The van der Waals surface area contributed by atoms with Crippen molar-refractivity contribution < 1.29 is 17.9 Å². The fourth-order valence-electron chi connectivity index (χ4n) is 3.97. The van der Waals surface area contributed by atoms with Gasteiger partial charge in [-0.1, -0.05) is 17.3 Å². The molecule has 0 unspecified atom stereocenters. The van der Waals surface area contributed by atoms with Crippen molar-refractivity contribution in [1.82, 2.24) is 24.2 Å². The van der Waals surface area contributed by atoms with Gasteiger partial charge in [-0.25, -0.2) is 13.1 Å². The third kappa shape index (κ3) is 3.67. The molecule has 1 atom stereocenters. The van der Waals surface area contributed by atoms with E-state index in [0.717, 1.165) is 16.8 Å². The molecule has 9 nitrogen and oxygen atoms in total. The molecule has 2 aromatic rings. The fraction of sp³-hybridized carbons (Fsp3) is 0.526. The smallest absolute Gasteiger partial charge is 0.276 e. The van der Waals surface area contributed by atoms with Crippen molar-refractivity contribution in [3.05, 3.63) is 40.7 Å². The van der Waals surface area contributed by atoms with Crippen LogP contribution in [-0.4, -0.2) is 77.1 Å². The molecular weight excluding hydrogens is 394 g/mol. The van der Waals surface area contributed by atoms with Crippen molar-refractivity contribution in [3.8, 4) is 5.69 Å². The third-order valence-electron chi connectivity index (χ3n) is 5.63. The summed E-state index contributed by atoms with van der Waals surface area (Å²) in [5, 5.41) is 8.44. The van der Waals surface area contributed by atoms with E-state index >= 15 is 0 Å². The maximum atomic E-state index is 13.0. The van der Waals surface area contributed by atoms with Gasteiger partial charge in [0.05, 0.1) is 36.9 Å². The summed E-state index contributed by atoms with van der Waals surface area (Å²) in [6.07, 6.45) is 1.82. The number of fused-ring (bicyclic) bond motifs is 1. The van der Waals surface area contributed by atoms with E-state index < -0.39 is 10.0 Å². The van der Waals surface area contributed by atoms with Crippen molar-refractivity contribution in [3.63, 3.8) is 0 Å². The van der Waals surface area contributed by atoms with Gasteiger partial charge in [0.2, 0.25) is 10.0 Å². The highest BCUT2D eigenvalue weighted by Crippen LogP contribution is 2.27. The molecule has 1 amide bonds. The van der Waals surface area contributed by atoms with E-state index in [2.05, 4.69) is 10.3 Å². The zero-order valence-electron chi connectivity index (χ0n) is 16.8. The number of amides is 1. The van der Waals surface area contributed by atoms with Crippen LogP contribution in [0.25, 0.3) is 5.69 Å². The minimum Gasteiger partial charge on any atom is -0.377 e. The maximum Gasteiger partial charge on any atom is 0.276 e. The Hall–Kier alpha value is -2.30. The van der Waals surface area contributed by atoms with Gasteiger partial charge in [0.25, 0.3) is 5.91 Å². The molecule has 2 aliphatic heterocycles.